The molecule has 1 aliphatic heterocycles. The molecule has 0 aromatic carbocycles. The number of aromatic amines is 1. The molecule has 1 fully saturated rings. The quantitative estimate of drug-likeness (QED) is 0.769. The second kappa shape index (κ2) is 3.74. The molecule has 1 aromatic heterocycles. The molecule has 0 aliphatic carbocycles. The maximum atomic E-state index is 4.02. The molecule has 3 nitrogen and oxygen atoms in total. The molecule has 0 bridgehead atoms. The van der Waals surface area contributed by atoms with Crippen LogP contribution in [-0.4, -0.2) is 16.7 Å². The van der Waals surface area contributed by atoms with Crippen molar-refractivity contribution in [3.05, 3.63) is 15.5 Å². The Morgan fingerprint density at radius 2 is 2.42 bits per heavy atom. The lowest BCUT2D eigenvalue weighted by molar-refractivity contribution is 0.404. The molecule has 0 saturated carbocycles. The zero-order valence-corrected chi connectivity index (χ0v) is 8.97. The molecule has 0 amide bonds. The zero-order chi connectivity index (χ0) is 8.39. The number of halogens is 1. The van der Waals surface area contributed by atoms with Crippen LogP contribution in [0.2, 0.25) is 0 Å². The van der Waals surface area contributed by atoms with Crippen molar-refractivity contribution in [3.8, 4) is 0 Å². The first kappa shape index (κ1) is 8.50. The van der Waals surface area contributed by atoms with E-state index >= 15 is 0 Å². The van der Waals surface area contributed by atoms with Crippen LogP contribution in [0, 0.1) is 3.57 Å². The SMILES string of the molecule is Ic1cn[nH]c1C1CCCCN1. The molecular weight excluding hydrogens is 265 g/mol. The van der Waals surface area contributed by atoms with Crippen LogP contribution in [-0.2, 0) is 0 Å². The summed E-state index contributed by atoms with van der Waals surface area (Å²) in [5.41, 5.74) is 1.26. The minimum absolute atomic E-state index is 0.508. The van der Waals surface area contributed by atoms with Crippen LogP contribution in [0.15, 0.2) is 6.20 Å². The van der Waals surface area contributed by atoms with Crippen molar-refractivity contribution in [1.29, 1.82) is 0 Å². The maximum absolute atomic E-state index is 4.02. The average molecular weight is 277 g/mol. The summed E-state index contributed by atoms with van der Waals surface area (Å²) < 4.78 is 1.24. The highest BCUT2D eigenvalue weighted by Gasteiger charge is 2.17. The molecular formula is C8H12IN3. The van der Waals surface area contributed by atoms with Crippen molar-refractivity contribution < 1.29 is 0 Å². The molecule has 0 spiro atoms. The van der Waals surface area contributed by atoms with Gasteiger partial charge in [0, 0.05) is 6.04 Å². The largest absolute Gasteiger partial charge is 0.309 e. The van der Waals surface area contributed by atoms with E-state index < -0.39 is 0 Å². The van der Waals surface area contributed by atoms with Gasteiger partial charge in [-0.1, -0.05) is 6.42 Å². The highest BCUT2D eigenvalue weighted by atomic mass is 127. The summed E-state index contributed by atoms with van der Waals surface area (Å²) in [7, 11) is 0. The van der Waals surface area contributed by atoms with E-state index in [1.54, 1.807) is 0 Å². The molecule has 0 radical (unpaired) electrons. The minimum Gasteiger partial charge on any atom is -0.309 e. The van der Waals surface area contributed by atoms with E-state index in [1.165, 1.54) is 28.5 Å². The molecule has 2 rings (SSSR count). The zero-order valence-electron chi connectivity index (χ0n) is 6.81. The summed E-state index contributed by atoms with van der Waals surface area (Å²) in [6.07, 6.45) is 5.75. The van der Waals surface area contributed by atoms with Gasteiger partial charge in [0.1, 0.15) is 0 Å². The summed E-state index contributed by atoms with van der Waals surface area (Å²) >= 11 is 2.32. The lowest BCUT2D eigenvalue weighted by atomic mass is 10.0. The summed E-state index contributed by atoms with van der Waals surface area (Å²) in [4.78, 5) is 0. The monoisotopic (exact) mass is 277 g/mol. The highest BCUT2D eigenvalue weighted by molar-refractivity contribution is 14.1. The van der Waals surface area contributed by atoms with Crippen molar-refractivity contribution in [2.75, 3.05) is 6.54 Å². The average Bonchev–Trinajstić information content (AvgIpc) is 2.53. The first-order valence-corrected chi connectivity index (χ1v) is 5.38. The number of aromatic nitrogens is 2. The number of hydrogen-bond donors (Lipinski definition) is 2. The predicted octanol–water partition coefficient (Wildman–Crippen LogP) is 1.83. The second-order valence-electron chi connectivity index (χ2n) is 3.13. The predicted molar refractivity (Wildman–Crippen MR) is 55.9 cm³/mol. The number of rotatable bonds is 1. The third-order valence-electron chi connectivity index (χ3n) is 2.28. The number of H-pyrrole nitrogens is 1. The van der Waals surface area contributed by atoms with Gasteiger partial charge in [-0.3, -0.25) is 5.10 Å². The van der Waals surface area contributed by atoms with Crippen LogP contribution < -0.4 is 5.32 Å². The van der Waals surface area contributed by atoms with Crippen molar-refractivity contribution in [1.82, 2.24) is 15.5 Å². The Balaban J connectivity index is 2.13. The lowest BCUT2D eigenvalue weighted by Crippen LogP contribution is -2.27. The van der Waals surface area contributed by atoms with E-state index in [2.05, 4.69) is 38.1 Å². The van der Waals surface area contributed by atoms with E-state index in [9.17, 15) is 0 Å². The van der Waals surface area contributed by atoms with Gasteiger partial charge < -0.3 is 5.32 Å². The Morgan fingerprint density at radius 3 is 3.00 bits per heavy atom. The van der Waals surface area contributed by atoms with E-state index in [0.29, 0.717) is 6.04 Å². The molecule has 12 heavy (non-hydrogen) atoms. The topological polar surface area (TPSA) is 40.7 Å². The van der Waals surface area contributed by atoms with Gasteiger partial charge in [0.05, 0.1) is 15.5 Å². The number of nitrogens with zero attached hydrogens (tertiary/aromatic N) is 1. The van der Waals surface area contributed by atoms with Gasteiger partial charge in [-0.05, 0) is 42.0 Å². The molecule has 1 unspecified atom stereocenters. The van der Waals surface area contributed by atoms with Gasteiger partial charge in [-0.2, -0.15) is 5.10 Å². The van der Waals surface area contributed by atoms with Crippen LogP contribution in [0.3, 0.4) is 0 Å². The molecule has 1 aromatic rings. The molecule has 4 heteroatoms. The van der Waals surface area contributed by atoms with Crippen LogP contribution in [0.1, 0.15) is 31.0 Å². The van der Waals surface area contributed by atoms with Crippen molar-refractivity contribution >= 4 is 22.6 Å². The normalized spacial score (nSPS) is 24.2. The van der Waals surface area contributed by atoms with E-state index in [4.69, 9.17) is 0 Å². The fourth-order valence-electron chi connectivity index (χ4n) is 1.62. The van der Waals surface area contributed by atoms with Gasteiger partial charge >= 0.3 is 0 Å². The summed E-state index contributed by atoms with van der Waals surface area (Å²) in [6, 6.07) is 0.508. The molecule has 2 N–H and O–H groups in total. The summed E-state index contributed by atoms with van der Waals surface area (Å²) in [5.74, 6) is 0. The molecule has 1 saturated heterocycles. The molecule has 66 valence electrons. The van der Waals surface area contributed by atoms with Crippen molar-refractivity contribution in [2.24, 2.45) is 0 Å². The minimum atomic E-state index is 0.508. The fourth-order valence-corrected chi connectivity index (χ4v) is 2.26. The van der Waals surface area contributed by atoms with E-state index in [1.807, 2.05) is 6.20 Å². The summed E-state index contributed by atoms with van der Waals surface area (Å²) in [5, 5.41) is 10.6. The standard InChI is InChI=1S/C8H12IN3/c9-6-5-11-12-8(6)7-3-1-2-4-10-7/h5,7,10H,1-4H2,(H,11,12). The van der Waals surface area contributed by atoms with Crippen LogP contribution in [0.25, 0.3) is 0 Å². The van der Waals surface area contributed by atoms with Gasteiger partial charge in [0.25, 0.3) is 0 Å². The first-order chi connectivity index (χ1) is 5.88. The molecule has 1 atom stereocenters. The lowest BCUT2D eigenvalue weighted by Gasteiger charge is -2.22. The van der Waals surface area contributed by atoms with Crippen molar-refractivity contribution in [3.63, 3.8) is 0 Å². The second-order valence-corrected chi connectivity index (χ2v) is 4.30. The highest BCUT2D eigenvalue weighted by Crippen LogP contribution is 2.24. The maximum Gasteiger partial charge on any atom is 0.0655 e. The Kier molecular flexibility index (Phi) is 2.65. The van der Waals surface area contributed by atoms with Gasteiger partial charge in [-0.15, -0.1) is 0 Å². The third-order valence-corrected chi connectivity index (χ3v) is 3.14. The van der Waals surface area contributed by atoms with Gasteiger partial charge in [0.15, 0.2) is 0 Å². The first-order valence-electron chi connectivity index (χ1n) is 4.30. The summed E-state index contributed by atoms with van der Waals surface area (Å²) in [6.45, 7) is 1.14. The van der Waals surface area contributed by atoms with E-state index in [0.717, 1.165) is 6.54 Å². The third kappa shape index (κ3) is 1.64. The fraction of sp³-hybridized carbons (Fsp3) is 0.625. The van der Waals surface area contributed by atoms with Crippen LogP contribution >= 0.6 is 22.6 Å². The smallest absolute Gasteiger partial charge is 0.0655 e. The van der Waals surface area contributed by atoms with Crippen molar-refractivity contribution in [2.45, 2.75) is 25.3 Å². The van der Waals surface area contributed by atoms with Gasteiger partial charge in [0.2, 0.25) is 0 Å². The van der Waals surface area contributed by atoms with Crippen LogP contribution in [0.4, 0.5) is 0 Å². The van der Waals surface area contributed by atoms with E-state index in [-0.39, 0.29) is 0 Å². The number of piperidine rings is 1. The van der Waals surface area contributed by atoms with Gasteiger partial charge in [-0.25, -0.2) is 0 Å². The Labute approximate surface area is 85.5 Å². The number of nitrogens with one attached hydrogen (secondary N) is 2. The Hall–Kier alpha value is -0.100. The molecule has 1 aliphatic rings. The Bertz CT molecular complexity index is 253. The Morgan fingerprint density at radius 1 is 1.50 bits per heavy atom. The van der Waals surface area contributed by atoms with Crippen LogP contribution in [0.5, 0.6) is 0 Å². The molecule has 2 heterocycles. The number of hydrogen-bond acceptors (Lipinski definition) is 2.